The molecule has 98 valence electrons. The minimum Gasteiger partial charge on any atom is -0.322 e. The number of fused-ring (bicyclic) bond motifs is 1. The van der Waals surface area contributed by atoms with Crippen LogP contribution in [-0.4, -0.2) is 10.9 Å². The number of hydrogen-bond donors (Lipinski definition) is 1. The summed E-state index contributed by atoms with van der Waals surface area (Å²) < 4.78 is 0. The van der Waals surface area contributed by atoms with Gasteiger partial charge in [-0.15, -0.1) is 0 Å². The highest BCUT2D eigenvalue weighted by Crippen LogP contribution is 2.18. The number of anilines is 1. The number of amides is 1. The van der Waals surface area contributed by atoms with Crippen molar-refractivity contribution < 1.29 is 4.79 Å². The fourth-order valence-electron chi connectivity index (χ4n) is 2.13. The van der Waals surface area contributed by atoms with Crippen LogP contribution in [0.2, 0.25) is 0 Å². The normalized spacial score (nSPS) is 10.4. The first kappa shape index (κ1) is 12.4. The molecule has 3 heteroatoms. The maximum absolute atomic E-state index is 12.4. The quantitative estimate of drug-likeness (QED) is 0.763. The first-order chi connectivity index (χ1) is 9.74. The Morgan fingerprint density at radius 3 is 2.55 bits per heavy atom. The van der Waals surface area contributed by atoms with E-state index in [1.807, 2.05) is 55.5 Å². The van der Waals surface area contributed by atoms with Gasteiger partial charge in [0.05, 0.1) is 11.1 Å². The molecule has 0 spiro atoms. The van der Waals surface area contributed by atoms with E-state index in [4.69, 9.17) is 0 Å². The second kappa shape index (κ2) is 5.13. The van der Waals surface area contributed by atoms with E-state index in [1.54, 1.807) is 12.3 Å². The maximum Gasteiger partial charge on any atom is 0.256 e. The second-order valence-corrected chi connectivity index (χ2v) is 4.70. The lowest BCUT2D eigenvalue weighted by Crippen LogP contribution is -2.12. The second-order valence-electron chi connectivity index (χ2n) is 4.70. The zero-order valence-electron chi connectivity index (χ0n) is 11.1. The van der Waals surface area contributed by atoms with Crippen LogP contribution in [0.3, 0.4) is 0 Å². The molecule has 1 heterocycles. The van der Waals surface area contributed by atoms with Gasteiger partial charge in [0.15, 0.2) is 0 Å². The number of benzene rings is 2. The number of aryl methyl sites for hydroxylation is 1. The van der Waals surface area contributed by atoms with Crippen molar-refractivity contribution in [1.29, 1.82) is 0 Å². The zero-order chi connectivity index (χ0) is 13.9. The molecule has 0 unspecified atom stereocenters. The number of carbonyl (C=O) groups is 1. The third-order valence-electron chi connectivity index (χ3n) is 3.20. The first-order valence-corrected chi connectivity index (χ1v) is 6.46. The van der Waals surface area contributed by atoms with E-state index in [-0.39, 0.29) is 5.91 Å². The van der Waals surface area contributed by atoms with E-state index in [1.165, 1.54) is 0 Å². The topological polar surface area (TPSA) is 42.0 Å². The Morgan fingerprint density at radius 1 is 1.00 bits per heavy atom. The SMILES string of the molecule is Cc1ccc(NC(=O)c2ccnc3ccccc23)cc1. The van der Waals surface area contributed by atoms with Gasteiger partial charge in [0.2, 0.25) is 0 Å². The molecule has 0 fully saturated rings. The molecule has 3 rings (SSSR count). The van der Waals surface area contributed by atoms with Crippen LogP contribution in [0.4, 0.5) is 5.69 Å². The van der Waals surface area contributed by atoms with E-state index >= 15 is 0 Å². The number of rotatable bonds is 2. The van der Waals surface area contributed by atoms with Gasteiger partial charge in [-0.25, -0.2) is 0 Å². The Balaban J connectivity index is 1.94. The number of carbonyl (C=O) groups excluding carboxylic acids is 1. The molecule has 0 aliphatic heterocycles. The van der Waals surface area contributed by atoms with E-state index in [0.29, 0.717) is 5.56 Å². The minimum atomic E-state index is -0.118. The van der Waals surface area contributed by atoms with Crippen molar-refractivity contribution in [2.45, 2.75) is 6.92 Å². The summed E-state index contributed by atoms with van der Waals surface area (Å²) in [6.45, 7) is 2.02. The summed E-state index contributed by atoms with van der Waals surface area (Å²) >= 11 is 0. The third kappa shape index (κ3) is 2.38. The highest BCUT2D eigenvalue weighted by Gasteiger charge is 2.10. The Kier molecular flexibility index (Phi) is 3.17. The average molecular weight is 262 g/mol. The van der Waals surface area contributed by atoms with Gasteiger partial charge >= 0.3 is 0 Å². The molecular formula is C17H14N2O. The van der Waals surface area contributed by atoms with Gasteiger partial charge in [-0.2, -0.15) is 0 Å². The van der Waals surface area contributed by atoms with Crippen LogP contribution in [0.1, 0.15) is 15.9 Å². The summed E-state index contributed by atoms with van der Waals surface area (Å²) in [5.74, 6) is -0.118. The zero-order valence-corrected chi connectivity index (χ0v) is 11.1. The van der Waals surface area contributed by atoms with Crippen LogP contribution in [-0.2, 0) is 0 Å². The molecule has 3 aromatic rings. The van der Waals surface area contributed by atoms with Crippen molar-refractivity contribution in [3.8, 4) is 0 Å². The van der Waals surface area contributed by atoms with Gasteiger partial charge in [0, 0.05) is 17.3 Å². The van der Waals surface area contributed by atoms with Crippen molar-refractivity contribution in [2.75, 3.05) is 5.32 Å². The van der Waals surface area contributed by atoms with Crippen LogP contribution >= 0.6 is 0 Å². The maximum atomic E-state index is 12.4. The van der Waals surface area contributed by atoms with Gasteiger partial charge in [-0.3, -0.25) is 9.78 Å². The number of aromatic nitrogens is 1. The van der Waals surface area contributed by atoms with Crippen molar-refractivity contribution in [3.63, 3.8) is 0 Å². The summed E-state index contributed by atoms with van der Waals surface area (Å²) in [6, 6.07) is 17.1. The van der Waals surface area contributed by atoms with Gasteiger partial charge in [-0.1, -0.05) is 35.9 Å². The van der Waals surface area contributed by atoms with Crippen LogP contribution in [0.5, 0.6) is 0 Å². The molecule has 0 saturated heterocycles. The molecule has 3 nitrogen and oxygen atoms in total. The summed E-state index contributed by atoms with van der Waals surface area (Å²) in [4.78, 5) is 16.6. The summed E-state index contributed by atoms with van der Waals surface area (Å²) in [5.41, 5.74) is 3.42. The van der Waals surface area contributed by atoms with Crippen LogP contribution in [0.15, 0.2) is 60.8 Å². The number of nitrogens with one attached hydrogen (secondary N) is 1. The minimum absolute atomic E-state index is 0.118. The molecule has 20 heavy (non-hydrogen) atoms. The lowest BCUT2D eigenvalue weighted by molar-refractivity contribution is 0.102. The fourth-order valence-corrected chi connectivity index (χ4v) is 2.13. The van der Waals surface area contributed by atoms with Crippen LogP contribution in [0, 0.1) is 6.92 Å². The van der Waals surface area contributed by atoms with Gasteiger partial charge in [0.25, 0.3) is 5.91 Å². The molecule has 0 aliphatic rings. The fraction of sp³-hybridized carbons (Fsp3) is 0.0588. The smallest absolute Gasteiger partial charge is 0.256 e. The van der Waals surface area contributed by atoms with Crippen LogP contribution < -0.4 is 5.32 Å². The van der Waals surface area contributed by atoms with E-state index in [2.05, 4.69) is 10.3 Å². The molecule has 2 aromatic carbocycles. The summed E-state index contributed by atoms with van der Waals surface area (Å²) in [7, 11) is 0. The highest BCUT2D eigenvalue weighted by molar-refractivity contribution is 6.12. The summed E-state index contributed by atoms with van der Waals surface area (Å²) in [5, 5.41) is 3.77. The standard InChI is InChI=1S/C17H14N2O/c1-12-6-8-13(9-7-12)19-17(20)15-10-11-18-16-5-3-2-4-14(15)16/h2-11H,1H3,(H,19,20). The molecular weight excluding hydrogens is 248 g/mol. The Bertz CT molecular complexity index is 758. The van der Waals surface area contributed by atoms with Gasteiger partial charge in [-0.05, 0) is 31.2 Å². The van der Waals surface area contributed by atoms with Gasteiger partial charge < -0.3 is 5.32 Å². The Morgan fingerprint density at radius 2 is 1.75 bits per heavy atom. The predicted molar refractivity (Wildman–Crippen MR) is 80.9 cm³/mol. The molecule has 1 N–H and O–H groups in total. The number of nitrogens with zero attached hydrogens (tertiary/aromatic N) is 1. The third-order valence-corrected chi connectivity index (χ3v) is 3.20. The lowest BCUT2D eigenvalue weighted by atomic mass is 10.1. The van der Waals surface area contributed by atoms with Crippen molar-refractivity contribution in [3.05, 3.63) is 71.9 Å². The molecule has 0 aliphatic carbocycles. The number of para-hydroxylation sites is 1. The molecule has 0 bridgehead atoms. The molecule has 0 radical (unpaired) electrons. The number of hydrogen-bond acceptors (Lipinski definition) is 2. The molecule has 1 aromatic heterocycles. The monoisotopic (exact) mass is 262 g/mol. The largest absolute Gasteiger partial charge is 0.322 e. The Labute approximate surface area is 117 Å². The predicted octanol–water partition coefficient (Wildman–Crippen LogP) is 3.80. The van der Waals surface area contributed by atoms with Crippen LogP contribution in [0.25, 0.3) is 10.9 Å². The van der Waals surface area contributed by atoms with Crippen molar-refractivity contribution >= 4 is 22.5 Å². The highest BCUT2D eigenvalue weighted by atomic mass is 16.1. The lowest BCUT2D eigenvalue weighted by Gasteiger charge is -2.08. The van der Waals surface area contributed by atoms with Crippen molar-refractivity contribution in [1.82, 2.24) is 4.98 Å². The van der Waals surface area contributed by atoms with Gasteiger partial charge in [0.1, 0.15) is 0 Å². The van der Waals surface area contributed by atoms with E-state index in [9.17, 15) is 4.79 Å². The number of pyridine rings is 1. The summed E-state index contributed by atoms with van der Waals surface area (Å²) in [6.07, 6.45) is 1.66. The molecule has 0 atom stereocenters. The molecule has 1 amide bonds. The Hall–Kier alpha value is -2.68. The van der Waals surface area contributed by atoms with E-state index < -0.39 is 0 Å². The van der Waals surface area contributed by atoms with E-state index in [0.717, 1.165) is 22.2 Å². The van der Waals surface area contributed by atoms with Crippen molar-refractivity contribution in [2.24, 2.45) is 0 Å². The first-order valence-electron chi connectivity index (χ1n) is 6.46. The average Bonchev–Trinajstić information content (AvgIpc) is 2.49. The molecule has 0 saturated carbocycles.